The summed E-state index contributed by atoms with van der Waals surface area (Å²) in [5.41, 5.74) is 2.23. The van der Waals surface area contributed by atoms with Gasteiger partial charge < -0.3 is 21.3 Å². The van der Waals surface area contributed by atoms with E-state index < -0.39 is 0 Å². The van der Waals surface area contributed by atoms with Crippen molar-refractivity contribution >= 4 is 40.5 Å². The number of nitrogens with zero attached hydrogens (tertiary/aromatic N) is 3. The lowest BCUT2D eigenvalue weighted by molar-refractivity contribution is 0.262. The van der Waals surface area contributed by atoms with Gasteiger partial charge in [-0.2, -0.15) is 0 Å². The van der Waals surface area contributed by atoms with Crippen molar-refractivity contribution in [3.63, 3.8) is 0 Å². The number of urea groups is 1. The molecule has 0 atom stereocenters. The van der Waals surface area contributed by atoms with Crippen LogP contribution in [0.15, 0.2) is 85.1 Å². The smallest absolute Gasteiger partial charge is 0.323 e. The number of hydrogen-bond acceptors (Lipinski definition) is 6. The van der Waals surface area contributed by atoms with E-state index in [0.717, 1.165) is 11.4 Å². The lowest BCUT2D eigenvalue weighted by atomic mass is 10.2. The molecule has 4 aromatic rings. The molecular formula is C23H21N7O. The fourth-order valence-corrected chi connectivity index (χ4v) is 2.86. The van der Waals surface area contributed by atoms with Gasteiger partial charge in [-0.1, -0.05) is 24.3 Å². The van der Waals surface area contributed by atoms with Gasteiger partial charge in [0.05, 0.1) is 0 Å². The van der Waals surface area contributed by atoms with E-state index in [4.69, 9.17) is 0 Å². The summed E-state index contributed by atoms with van der Waals surface area (Å²) in [5, 5.41) is 12.0. The summed E-state index contributed by atoms with van der Waals surface area (Å²) in [7, 11) is 0. The Kier molecular flexibility index (Phi) is 5.99. The number of para-hydroxylation sites is 1. The summed E-state index contributed by atoms with van der Waals surface area (Å²) in [5.74, 6) is 2.62. The summed E-state index contributed by atoms with van der Waals surface area (Å²) in [6.45, 7) is 1.83. The van der Waals surface area contributed by atoms with Crippen molar-refractivity contribution < 1.29 is 4.79 Å². The molecule has 0 saturated heterocycles. The SMILES string of the molecule is Cc1nc(Nc2ccc(NC(=O)Nc3ccccc3)cc2)cc(Nc2ccccn2)n1. The van der Waals surface area contributed by atoms with Crippen molar-refractivity contribution in [3.05, 3.63) is 90.9 Å². The Hall–Kier alpha value is -4.46. The van der Waals surface area contributed by atoms with E-state index in [2.05, 4.69) is 36.2 Å². The third-order valence-corrected chi connectivity index (χ3v) is 4.21. The predicted molar refractivity (Wildman–Crippen MR) is 123 cm³/mol. The van der Waals surface area contributed by atoms with Gasteiger partial charge in [-0.25, -0.2) is 19.7 Å². The van der Waals surface area contributed by atoms with E-state index in [1.807, 2.05) is 79.7 Å². The molecule has 2 heterocycles. The number of benzene rings is 2. The second kappa shape index (κ2) is 9.36. The molecule has 154 valence electrons. The summed E-state index contributed by atoms with van der Waals surface area (Å²) in [6, 6.07) is 23.8. The molecule has 31 heavy (non-hydrogen) atoms. The number of carbonyl (C=O) groups is 1. The molecular weight excluding hydrogens is 390 g/mol. The van der Waals surface area contributed by atoms with Crippen LogP contribution >= 0.6 is 0 Å². The Morgan fingerprint density at radius 2 is 1.29 bits per heavy atom. The molecule has 0 unspecified atom stereocenters. The maximum Gasteiger partial charge on any atom is 0.323 e. The molecule has 0 bridgehead atoms. The number of hydrogen-bond donors (Lipinski definition) is 4. The molecule has 2 aromatic heterocycles. The second-order valence-corrected chi connectivity index (χ2v) is 6.67. The average molecular weight is 411 g/mol. The Morgan fingerprint density at radius 3 is 1.97 bits per heavy atom. The zero-order valence-corrected chi connectivity index (χ0v) is 16.8. The van der Waals surface area contributed by atoms with Crippen molar-refractivity contribution in [1.82, 2.24) is 15.0 Å². The van der Waals surface area contributed by atoms with Crippen molar-refractivity contribution in [2.45, 2.75) is 6.92 Å². The highest BCUT2D eigenvalue weighted by molar-refractivity contribution is 5.99. The molecule has 0 saturated carbocycles. The normalized spacial score (nSPS) is 10.2. The number of anilines is 6. The van der Waals surface area contributed by atoms with E-state index in [1.54, 1.807) is 12.3 Å². The van der Waals surface area contributed by atoms with Crippen LogP contribution in [0.4, 0.5) is 39.3 Å². The van der Waals surface area contributed by atoms with Crippen LogP contribution in [0.2, 0.25) is 0 Å². The van der Waals surface area contributed by atoms with Crippen LogP contribution in [-0.2, 0) is 0 Å². The average Bonchev–Trinajstić information content (AvgIpc) is 2.76. The highest BCUT2D eigenvalue weighted by atomic mass is 16.2. The first-order valence-corrected chi connectivity index (χ1v) is 9.68. The quantitative estimate of drug-likeness (QED) is 0.343. The van der Waals surface area contributed by atoms with Crippen LogP contribution in [0.1, 0.15) is 5.82 Å². The largest absolute Gasteiger partial charge is 0.340 e. The van der Waals surface area contributed by atoms with Crippen LogP contribution in [0.5, 0.6) is 0 Å². The van der Waals surface area contributed by atoms with E-state index in [-0.39, 0.29) is 6.03 Å². The number of amides is 2. The maximum absolute atomic E-state index is 12.1. The van der Waals surface area contributed by atoms with Crippen LogP contribution in [-0.4, -0.2) is 21.0 Å². The van der Waals surface area contributed by atoms with Gasteiger partial charge >= 0.3 is 6.03 Å². The maximum atomic E-state index is 12.1. The first-order valence-electron chi connectivity index (χ1n) is 9.68. The molecule has 0 fully saturated rings. The van der Waals surface area contributed by atoms with Crippen LogP contribution in [0.3, 0.4) is 0 Å². The number of carbonyl (C=O) groups excluding carboxylic acids is 1. The molecule has 8 heteroatoms. The number of pyridine rings is 1. The van der Waals surface area contributed by atoms with Gasteiger partial charge in [0.2, 0.25) is 0 Å². The second-order valence-electron chi connectivity index (χ2n) is 6.67. The number of nitrogens with one attached hydrogen (secondary N) is 4. The van der Waals surface area contributed by atoms with Gasteiger partial charge in [0.1, 0.15) is 23.3 Å². The monoisotopic (exact) mass is 411 g/mol. The molecule has 0 spiro atoms. The Balaban J connectivity index is 1.39. The van der Waals surface area contributed by atoms with Crippen molar-refractivity contribution in [3.8, 4) is 0 Å². The number of rotatable bonds is 6. The predicted octanol–water partition coefficient (Wildman–Crippen LogP) is 5.31. The molecule has 0 radical (unpaired) electrons. The Bertz CT molecular complexity index is 1150. The first-order chi connectivity index (χ1) is 15.1. The molecule has 0 aliphatic carbocycles. The summed E-state index contributed by atoms with van der Waals surface area (Å²) in [6.07, 6.45) is 1.71. The van der Waals surface area contributed by atoms with Crippen LogP contribution < -0.4 is 21.3 Å². The summed E-state index contributed by atoms with van der Waals surface area (Å²) >= 11 is 0. The lowest BCUT2D eigenvalue weighted by Gasteiger charge is -2.11. The highest BCUT2D eigenvalue weighted by Crippen LogP contribution is 2.21. The molecule has 0 aliphatic heterocycles. The van der Waals surface area contributed by atoms with E-state index >= 15 is 0 Å². The van der Waals surface area contributed by atoms with Gasteiger partial charge in [-0.15, -0.1) is 0 Å². The van der Waals surface area contributed by atoms with E-state index in [0.29, 0.717) is 29.0 Å². The van der Waals surface area contributed by atoms with Gasteiger partial charge in [0.15, 0.2) is 0 Å². The molecule has 4 rings (SSSR count). The number of aryl methyl sites for hydroxylation is 1. The minimum Gasteiger partial charge on any atom is -0.340 e. The van der Waals surface area contributed by atoms with Crippen molar-refractivity contribution in [2.24, 2.45) is 0 Å². The third-order valence-electron chi connectivity index (χ3n) is 4.21. The molecule has 0 aliphatic rings. The van der Waals surface area contributed by atoms with Crippen molar-refractivity contribution in [1.29, 1.82) is 0 Å². The minimum atomic E-state index is -0.302. The molecule has 2 aromatic carbocycles. The van der Waals surface area contributed by atoms with Crippen molar-refractivity contribution in [2.75, 3.05) is 21.3 Å². The van der Waals surface area contributed by atoms with E-state index in [1.165, 1.54) is 0 Å². The summed E-state index contributed by atoms with van der Waals surface area (Å²) < 4.78 is 0. The van der Waals surface area contributed by atoms with Gasteiger partial charge in [0, 0.05) is 29.3 Å². The third kappa shape index (κ3) is 5.77. The van der Waals surface area contributed by atoms with E-state index in [9.17, 15) is 4.79 Å². The fraction of sp³-hybridized carbons (Fsp3) is 0.0435. The summed E-state index contributed by atoms with van der Waals surface area (Å²) in [4.78, 5) is 25.2. The lowest BCUT2D eigenvalue weighted by Crippen LogP contribution is -2.19. The first kappa shape index (κ1) is 19.8. The Labute approximate surface area is 179 Å². The van der Waals surface area contributed by atoms with Gasteiger partial charge in [0.25, 0.3) is 0 Å². The Morgan fingerprint density at radius 1 is 0.677 bits per heavy atom. The zero-order valence-electron chi connectivity index (χ0n) is 16.8. The number of aromatic nitrogens is 3. The highest BCUT2D eigenvalue weighted by Gasteiger charge is 2.05. The standard InChI is InChI=1S/C23H21N7O/c1-16-25-21(15-22(26-16)30-20-9-5-6-14-24-20)27-18-10-12-19(13-11-18)29-23(31)28-17-7-3-2-4-8-17/h2-15H,1H3,(H2,28,29,31)(H2,24,25,26,27,30). The van der Waals surface area contributed by atoms with Gasteiger partial charge in [-0.3, -0.25) is 0 Å². The molecule has 4 N–H and O–H groups in total. The van der Waals surface area contributed by atoms with Crippen LogP contribution in [0, 0.1) is 6.92 Å². The van der Waals surface area contributed by atoms with Gasteiger partial charge in [-0.05, 0) is 55.5 Å². The minimum absolute atomic E-state index is 0.302. The molecule has 8 nitrogen and oxygen atoms in total. The van der Waals surface area contributed by atoms with Crippen LogP contribution in [0.25, 0.3) is 0 Å². The zero-order chi connectivity index (χ0) is 21.5. The molecule has 2 amide bonds. The topological polar surface area (TPSA) is 104 Å². The fourth-order valence-electron chi connectivity index (χ4n) is 2.86.